The number of amides is 4. The van der Waals surface area contributed by atoms with Gasteiger partial charge in [-0.1, -0.05) is 61.0 Å². The summed E-state index contributed by atoms with van der Waals surface area (Å²) < 4.78 is 11.1. The third kappa shape index (κ3) is 11.1. The topological polar surface area (TPSA) is 157 Å². The molecule has 1 aliphatic rings. The van der Waals surface area contributed by atoms with Gasteiger partial charge in [0.05, 0.1) is 6.42 Å². The second-order valence-corrected chi connectivity index (χ2v) is 14.4. The molecule has 2 aromatic carbocycles. The number of primary amides is 1. The van der Waals surface area contributed by atoms with Crippen LogP contribution in [0.15, 0.2) is 48.5 Å². The lowest BCUT2D eigenvalue weighted by Crippen LogP contribution is -2.56. The molecule has 11 nitrogen and oxygen atoms in total. The summed E-state index contributed by atoms with van der Waals surface area (Å²) in [6.07, 6.45) is -0.665. The number of rotatable bonds is 12. The number of esters is 1. The van der Waals surface area contributed by atoms with Gasteiger partial charge in [-0.05, 0) is 84.4 Å². The monoisotopic (exact) mass is 650 g/mol. The van der Waals surface area contributed by atoms with Gasteiger partial charge in [-0.25, -0.2) is 9.59 Å². The van der Waals surface area contributed by atoms with Crippen molar-refractivity contribution in [2.75, 3.05) is 0 Å². The molecule has 0 bridgehead atoms. The number of nitrogens with two attached hydrogens (primary N) is 1. The average Bonchev–Trinajstić information content (AvgIpc) is 3.64. The second kappa shape index (κ2) is 15.0. The molecule has 5 atom stereocenters. The number of ether oxygens (including phenoxy) is 2. The number of hydrogen-bond acceptors (Lipinski definition) is 7. The molecule has 0 aliphatic heterocycles. The van der Waals surface area contributed by atoms with E-state index in [1.165, 1.54) is 4.90 Å². The van der Waals surface area contributed by atoms with E-state index in [9.17, 15) is 24.0 Å². The molecular formula is C36H50N4O7. The standard InChI is InChI=1S/C36H50N4O7/c1-21-15-16-25(22(2)17-21)30(31(42)38-27(33(44)46-35(4,5)6)19-24-13-11-10-12-14-24)40(28-18-23(28)3)32(43)26(20-29(37)41)39-34(45)47-36(7,8)9/h10-17,23,26-28,30H,18-20H2,1-9H3,(H2,37,41)(H,38,42)(H,39,45). The Morgan fingerprint density at radius 3 is 2.00 bits per heavy atom. The lowest BCUT2D eigenvalue weighted by atomic mass is 9.95. The van der Waals surface area contributed by atoms with Crippen molar-refractivity contribution in [2.24, 2.45) is 11.7 Å². The molecule has 0 saturated heterocycles. The molecule has 0 spiro atoms. The SMILES string of the molecule is Cc1ccc(C(C(=O)NC(Cc2ccccc2)C(=O)OC(C)(C)C)N(C(=O)C(CC(N)=O)NC(=O)OC(C)(C)C)C2CC2C)c(C)c1. The summed E-state index contributed by atoms with van der Waals surface area (Å²) in [5.41, 5.74) is 6.90. The zero-order valence-corrected chi connectivity index (χ0v) is 29.0. The van der Waals surface area contributed by atoms with Crippen LogP contribution in [-0.4, -0.2) is 64.0 Å². The lowest BCUT2D eigenvalue weighted by Gasteiger charge is -2.36. The van der Waals surface area contributed by atoms with E-state index >= 15 is 0 Å². The number of hydrogen-bond donors (Lipinski definition) is 3. The lowest BCUT2D eigenvalue weighted by molar-refractivity contribution is -0.159. The van der Waals surface area contributed by atoms with Crippen LogP contribution in [0.5, 0.6) is 0 Å². The highest BCUT2D eigenvalue weighted by atomic mass is 16.6. The van der Waals surface area contributed by atoms with Crippen LogP contribution in [0, 0.1) is 19.8 Å². The minimum atomic E-state index is -1.40. The highest BCUT2D eigenvalue weighted by molar-refractivity contribution is 5.96. The Kier molecular flexibility index (Phi) is 11.8. The smallest absolute Gasteiger partial charge is 0.408 e. The van der Waals surface area contributed by atoms with Gasteiger partial charge in [0, 0.05) is 12.5 Å². The normalized spacial score (nSPS) is 17.8. The van der Waals surface area contributed by atoms with Gasteiger partial charge in [-0.3, -0.25) is 14.4 Å². The van der Waals surface area contributed by atoms with E-state index in [1.807, 2.05) is 63.2 Å². The number of aryl methyl sites for hydroxylation is 2. The Morgan fingerprint density at radius 1 is 0.894 bits per heavy atom. The highest BCUT2D eigenvalue weighted by Gasteiger charge is 2.49. The molecule has 0 radical (unpaired) electrons. The highest BCUT2D eigenvalue weighted by Crippen LogP contribution is 2.41. The number of carbonyl (C=O) groups excluding carboxylic acids is 5. The molecule has 3 rings (SSSR count). The summed E-state index contributed by atoms with van der Waals surface area (Å²) in [4.78, 5) is 69.0. The maximum absolute atomic E-state index is 14.6. The zero-order chi connectivity index (χ0) is 35.3. The van der Waals surface area contributed by atoms with Crippen molar-refractivity contribution >= 4 is 29.8 Å². The summed E-state index contributed by atoms with van der Waals surface area (Å²) in [5.74, 6) is -2.68. The summed E-state index contributed by atoms with van der Waals surface area (Å²) in [6, 6.07) is 10.7. The Bertz CT molecular complexity index is 1460. The van der Waals surface area contributed by atoms with E-state index in [4.69, 9.17) is 15.2 Å². The van der Waals surface area contributed by atoms with Crippen molar-refractivity contribution in [3.63, 3.8) is 0 Å². The number of benzene rings is 2. The predicted octanol–water partition coefficient (Wildman–Crippen LogP) is 4.42. The molecule has 0 heterocycles. The fourth-order valence-corrected chi connectivity index (χ4v) is 5.42. The van der Waals surface area contributed by atoms with Crippen LogP contribution in [0.2, 0.25) is 0 Å². The molecule has 4 amide bonds. The molecule has 256 valence electrons. The predicted molar refractivity (Wildman–Crippen MR) is 178 cm³/mol. The van der Waals surface area contributed by atoms with Crippen LogP contribution in [0.1, 0.15) is 89.6 Å². The van der Waals surface area contributed by atoms with Gasteiger partial charge >= 0.3 is 12.1 Å². The fraction of sp³-hybridized carbons (Fsp3) is 0.528. The maximum atomic E-state index is 14.6. The fourth-order valence-electron chi connectivity index (χ4n) is 5.42. The van der Waals surface area contributed by atoms with Gasteiger partial charge in [0.25, 0.3) is 0 Å². The van der Waals surface area contributed by atoms with Gasteiger partial charge in [0.15, 0.2) is 0 Å². The number of carbonyl (C=O) groups is 5. The average molecular weight is 651 g/mol. The van der Waals surface area contributed by atoms with E-state index < -0.39 is 65.5 Å². The van der Waals surface area contributed by atoms with Crippen molar-refractivity contribution in [3.8, 4) is 0 Å². The summed E-state index contributed by atoms with van der Waals surface area (Å²) in [7, 11) is 0. The number of nitrogens with one attached hydrogen (secondary N) is 2. The number of nitrogens with zero attached hydrogens (tertiary/aromatic N) is 1. The first-order chi connectivity index (χ1) is 21.8. The first-order valence-electron chi connectivity index (χ1n) is 16.0. The largest absolute Gasteiger partial charge is 0.458 e. The van der Waals surface area contributed by atoms with E-state index in [1.54, 1.807) is 47.6 Å². The summed E-state index contributed by atoms with van der Waals surface area (Å²) >= 11 is 0. The van der Waals surface area contributed by atoms with Crippen LogP contribution in [0.25, 0.3) is 0 Å². The first kappa shape index (κ1) is 37.1. The van der Waals surface area contributed by atoms with Crippen molar-refractivity contribution in [1.29, 1.82) is 0 Å². The minimum absolute atomic E-state index is 0.0294. The molecule has 1 aliphatic carbocycles. The van der Waals surface area contributed by atoms with Crippen LogP contribution >= 0.6 is 0 Å². The zero-order valence-electron chi connectivity index (χ0n) is 29.0. The van der Waals surface area contributed by atoms with Gasteiger partial charge in [-0.2, -0.15) is 0 Å². The maximum Gasteiger partial charge on any atom is 0.408 e. The quantitative estimate of drug-likeness (QED) is 0.287. The van der Waals surface area contributed by atoms with Gasteiger partial charge in [0.1, 0.15) is 29.3 Å². The first-order valence-corrected chi connectivity index (χ1v) is 16.0. The Balaban J connectivity index is 2.11. The van der Waals surface area contributed by atoms with Crippen molar-refractivity contribution in [2.45, 2.75) is 117 Å². The van der Waals surface area contributed by atoms with Gasteiger partial charge < -0.3 is 30.7 Å². The molecule has 1 fully saturated rings. The van der Waals surface area contributed by atoms with Crippen LogP contribution in [-0.2, 0) is 35.1 Å². The molecule has 47 heavy (non-hydrogen) atoms. The van der Waals surface area contributed by atoms with E-state index in [2.05, 4.69) is 10.6 Å². The molecule has 4 N–H and O–H groups in total. The van der Waals surface area contributed by atoms with Gasteiger partial charge in [0.2, 0.25) is 17.7 Å². The molecule has 2 aromatic rings. The van der Waals surface area contributed by atoms with Gasteiger partial charge in [-0.15, -0.1) is 0 Å². The van der Waals surface area contributed by atoms with Crippen LogP contribution in [0.4, 0.5) is 4.79 Å². The Labute approximate surface area is 277 Å². The van der Waals surface area contributed by atoms with E-state index in [0.29, 0.717) is 12.0 Å². The third-order valence-electron chi connectivity index (χ3n) is 7.61. The van der Waals surface area contributed by atoms with E-state index in [0.717, 1.165) is 16.7 Å². The van der Waals surface area contributed by atoms with Crippen molar-refractivity contribution in [3.05, 3.63) is 70.8 Å². The van der Waals surface area contributed by atoms with E-state index in [-0.39, 0.29) is 18.4 Å². The number of alkyl carbamates (subject to hydrolysis) is 1. The molecule has 1 saturated carbocycles. The van der Waals surface area contributed by atoms with Crippen LogP contribution < -0.4 is 16.4 Å². The molecule has 0 aromatic heterocycles. The Hall–Kier alpha value is -4.41. The van der Waals surface area contributed by atoms with Crippen molar-refractivity contribution < 1.29 is 33.4 Å². The Morgan fingerprint density at radius 2 is 1.49 bits per heavy atom. The minimum Gasteiger partial charge on any atom is -0.458 e. The second-order valence-electron chi connectivity index (χ2n) is 14.4. The van der Waals surface area contributed by atoms with Crippen LogP contribution in [0.3, 0.4) is 0 Å². The summed E-state index contributed by atoms with van der Waals surface area (Å²) in [6.45, 7) is 16.0. The van der Waals surface area contributed by atoms with Crippen molar-refractivity contribution in [1.82, 2.24) is 15.5 Å². The third-order valence-corrected chi connectivity index (χ3v) is 7.61. The molecule has 11 heteroatoms. The molecule has 5 unspecified atom stereocenters. The molecular weight excluding hydrogens is 600 g/mol. The summed E-state index contributed by atoms with van der Waals surface area (Å²) in [5, 5.41) is 5.41.